The van der Waals surface area contributed by atoms with Crippen LogP contribution in [-0.4, -0.2) is 24.5 Å². The van der Waals surface area contributed by atoms with Gasteiger partial charge in [0.05, 0.1) is 24.1 Å². The zero-order valence-electron chi connectivity index (χ0n) is 19.2. The largest absolute Gasteiger partial charge is 0.497 e. The van der Waals surface area contributed by atoms with Gasteiger partial charge in [0.25, 0.3) is 5.91 Å². The molecule has 34 heavy (non-hydrogen) atoms. The van der Waals surface area contributed by atoms with Crippen molar-refractivity contribution in [2.24, 2.45) is 0 Å². The summed E-state index contributed by atoms with van der Waals surface area (Å²) < 4.78 is 11.3. The van der Waals surface area contributed by atoms with E-state index in [1.54, 1.807) is 24.1 Å². The van der Waals surface area contributed by atoms with Crippen LogP contribution in [0.25, 0.3) is 11.0 Å². The number of carbonyl (C=O) groups excluding carboxylic acids is 1. The van der Waals surface area contributed by atoms with E-state index in [4.69, 9.17) is 20.8 Å². The van der Waals surface area contributed by atoms with Gasteiger partial charge in [0, 0.05) is 11.6 Å². The molecule has 1 aromatic heterocycles. The van der Waals surface area contributed by atoms with Crippen molar-refractivity contribution < 1.29 is 13.9 Å². The third kappa shape index (κ3) is 3.76. The van der Waals surface area contributed by atoms with E-state index < -0.39 is 6.04 Å². The predicted octanol–water partition coefficient (Wildman–Crippen LogP) is 5.86. The van der Waals surface area contributed by atoms with Crippen LogP contribution in [0.15, 0.2) is 69.9 Å². The van der Waals surface area contributed by atoms with Crippen molar-refractivity contribution in [2.75, 3.05) is 13.7 Å². The summed E-state index contributed by atoms with van der Waals surface area (Å²) in [7, 11) is 1.63. The summed E-state index contributed by atoms with van der Waals surface area (Å²) in [5.41, 5.74) is 4.36. The lowest BCUT2D eigenvalue weighted by atomic mass is 9.97. The number of hydrogen-bond acceptors (Lipinski definition) is 4. The molecule has 0 aliphatic carbocycles. The van der Waals surface area contributed by atoms with Crippen molar-refractivity contribution in [1.82, 2.24) is 4.90 Å². The fourth-order valence-electron chi connectivity index (χ4n) is 4.51. The van der Waals surface area contributed by atoms with E-state index in [1.807, 2.05) is 62.4 Å². The zero-order chi connectivity index (χ0) is 24.0. The topological polar surface area (TPSA) is 59.8 Å². The lowest BCUT2D eigenvalue weighted by Gasteiger charge is -2.25. The molecule has 0 radical (unpaired) electrons. The van der Waals surface area contributed by atoms with Crippen LogP contribution in [0.1, 0.15) is 44.4 Å². The molecule has 0 bridgehead atoms. The van der Waals surface area contributed by atoms with E-state index in [0.717, 1.165) is 28.0 Å². The molecule has 0 spiro atoms. The molecule has 3 aromatic carbocycles. The average molecular weight is 474 g/mol. The van der Waals surface area contributed by atoms with Crippen LogP contribution in [-0.2, 0) is 6.42 Å². The molecule has 6 heteroatoms. The molecule has 172 valence electrons. The van der Waals surface area contributed by atoms with Gasteiger partial charge in [0.1, 0.15) is 11.3 Å². The Morgan fingerprint density at radius 2 is 1.71 bits per heavy atom. The van der Waals surface area contributed by atoms with Crippen molar-refractivity contribution in [3.05, 3.63) is 109 Å². The Hall–Kier alpha value is -3.57. The highest BCUT2D eigenvalue weighted by Gasteiger charge is 2.42. The Kier molecular flexibility index (Phi) is 5.66. The third-order valence-corrected chi connectivity index (χ3v) is 6.85. The van der Waals surface area contributed by atoms with Gasteiger partial charge >= 0.3 is 0 Å². The predicted molar refractivity (Wildman–Crippen MR) is 133 cm³/mol. The van der Waals surface area contributed by atoms with E-state index >= 15 is 0 Å². The highest BCUT2D eigenvalue weighted by molar-refractivity contribution is 6.32. The molecule has 1 aliphatic rings. The first-order valence-electron chi connectivity index (χ1n) is 11.1. The molecule has 4 aromatic rings. The second-order valence-electron chi connectivity index (χ2n) is 8.68. The summed E-state index contributed by atoms with van der Waals surface area (Å²) in [5, 5.41) is 0.878. The number of ether oxygens (including phenoxy) is 1. The number of methoxy groups -OCH3 is 1. The highest BCUT2D eigenvalue weighted by Crippen LogP contribution is 2.39. The maximum atomic E-state index is 13.7. The molecular formula is C28H24ClNO4. The summed E-state index contributed by atoms with van der Waals surface area (Å²) in [5.74, 6) is 0.613. The number of aryl methyl sites for hydroxylation is 2. The van der Waals surface area contributed by atoms with Gasteiger partial charge in [-0.3, -0.25) is 9.59 Å². The number of halogens is 1. The molecule has 1 aliphatic heterocycles. The summed E-state index contributed by atoms with van der Waals surface area (Å²) >= 11 is 6.31. The Labute approximate surface area is 202 Å². The summed E-state index contributed by atoms with van der Waals surface area (Å²) in [4.78, 5) is 29.0. The molecular weight excluding hydrogens is 450 g/mol. The van der Waals surface area contributed by atoms with Crippen molar-refractivity contribution in [3.63, 3.8) is 0 Å². The molecule has 5 nitrogen and oxygen atoms in total. The Bertz CT molecular complexity index is 1460. The number of rotatable bonds is 5. The molecule has 0 unspecified atom stereocenters. The molecule has 2 heterocycles. The van der Waals surface area contributed by atoms with Gasteiger partial charge in [-0.2, -0.15) is 0 Å². The maximum Gasteiger partial charge on any atom is 0.290 e. The van der Waals surface area contributed by atoms with Crippen LogP contribution >= 0.6 is 11.6 Å². The number of amides is 1. The molecule has 0 saturated carbocycles. The highest BCUT2D eigenvalue weighted by atomic mass is 35.5. The number of fused-ring (bicyclic) bond motifs is 2. The van der Waals surface area contributed by atoms with E-state index in [9.17, 15) is 9.59 Å². The Balaban J connectivity index is 1.61. The molecule has 1 amide bonds. The van der Waals surface area contributed by atoms with Crippen molar-refractivity contribution in [2.45, 2.75) is 26.3 Å². The number of benzene rings is 3. The minimum absolute atomic E-state index is 0.111. The average Bonchev–Trinajstić information content (AvgIpc) is 3.11. The van der Waals surface area contributed by atoms with Crippen molar-refractivity contribution in [1.29, 1.82) is 0 Å². The van der Waals surface area contributed by atoms with Crippen molar-refractivity contribution >= 4 is 28.5 Å². The minimum atomic E-state index is -0.526. The van der Waals surface area contributed by atoms with Gasteiger partial charge in [-0.25, -0.2) is 0 Å². The van der Waals surface area contributed by atoms with Gasteiger partial charge in [-0.1, -0.05) is 53.6 Å². The molecule has 0 fully saturated rings. The first-order chi connectivity index (χ1) is 16.4. The SMILES string of the molecule is COc1ccc(CCN2C(=O)c3oc4cc(C)c(Cl)cc4c(=O)c3[C@@H]2c2ccc(C)cc2)cc1. The van der Waals surface area contributed by atoms with Gasteiger partial charge in [-0.05, 0) is 61.2 Å². The number of hydrogen-bond donors (Lipinski definition) is 0. The van der Waals surface area contributed by atoms with Crippen LogP contribution in [0.3, 0.4) is 0 Å². The van der Waals surface area contributed by atoms with Crippen LogP contribution in [0, 0.1) is 13.8 Å². The first kappa shape index (κ1) is 22.2. The van der Waals surface area contributed by atoms with Crippen molar-refractivity contribution in [3.8, 4) is 5.75 Å². The molecule has 5 rings (SSSR count). The number of carbonyl (C=O) groups is 1. The fourth-order valence-corrected chi connectivity index (χ4v) is 4.67. The first-order valence-corrected chi connectivity index (χ1v) is 11.5. The second kappa shape index (κ2) is 8.65. The molecule has 0 saturated heterocycles. The summed E-state index contributed by atoms with van der Waals surface area (Å²) in [6, 6.07) is 18.5. The third-order valence-electron chi connectivity index (χ3n) is 6.44. The number of nitrogens with zero attached hydrogens (tertiary/aromatic N) is 1. The van der Waals surface area contributed by atoms with E-state index in [-0.39, 0.29) is 17.1 Å². The summed E-state index contributed by atoms with van der Waals surface area (Å²) in [6.07, 6.45) is 0.630. The van der Waals surface area contributed by atoms with Gasteiger partial charge < -0.3 is 14.1 Å². The Morgan fingerprint density at radius 3 is 2.38 bits per heavy atom. The second-order valence-corrected chi connectivity index (χ2v) is 9.09. The van der Waals surface area contributed by atoms with Crippen LogP contribution in [0.2, 0.25) is 5.02 Å². The van der Waals surface area contributed by atoms with E-state index in [2.05, 4.69) is 0 Å². The van der Waals surface area contributed by atoms with E-state index in [1.165, 1.54) is 0 Å². The van der Waals surface area contributed by atoms with Crippen LogP contribution in [0.5, 0.6) is 5.75 Å². The van der Waals surface area contributed by atoms with E-state index in [0.29, 0.717) is 34.5 Å². The minimum Gasteiger partial charge on any atom is -0.497 e. The van der Waals surface area contributed by atoms with Gasteiger partial charge in [-0.15, -0.1) is 0 Å². The lowest BCUT2D eigenvalue weighted by molar-refractivity contribution is 0.0730. The zero-order valence-corrected chi connectivity index (χ0v) is 20.0. The summed E-state index contributed by atoms with van der Waals surface area (Å²) in [6.45, 7) is 4.28. The van der Waals surface area contributed by atoms with Gasteiger partial charge in [0.2, 0.25) is 5.76 Å². The molecule has 1 atom stereocenters. The smallest absolute Gasteiger partial charge is 0.290 e. The standard InChI is InChI=1S/C28H24ClNO4/c1-16-4-8-19(9-5-16)25-24-26(31)21-15-22(29)17(2)14-23(21)34-27(24)28(32)30(25)13-12-18-6-10-20(33-3)11-7-18/h4-11,14-15,25H,12-13H2,1-3H3/t25-/m0/s1. The maximum absolute atomic E-state index is 13.7. The normalized spacial score (nSPS) is 15.1. The molecule has 0 N–H and O–H groups in total. The Morgan fingerprint density at radius 1 is 1.00 bits per heavy atom. The van der Waals surface area contributed by atoms with Crippen LogP contribution < -0.4 is 10.2 Å². The lowest BCUT2D eigenvalue weighted by Crippen LogP contribution is -2.31. The monoisotopic (exact) mass is 473 g/mol. The fraction of sp³-hybridized carbons (Fsp3) is 0.214. The van der Waals surface area contributed by atoms with Crippen LogP contribution in [0.4, 0.5) is 0 Å². The quantitative estimate of drug-likeness (QED) is 0.364. The van der Waals surface area contributed by atoms with Gasteiger partial charge in [0.15, 0.2) is 5.43 Å².